The van der Waals surface area contributed by atoms with Gasteiger partial charge in [-0.3, -0.25) is 0 Å². The van der Waals surface area contributed by atoms with Crippen LogP contribution in [-0.2, 0) is 6.42 Å². The molecule has 0 aromatic heterocycles. The van der Waals surface area contributed by atoms with Crippen LogP contribution in [0, 0.1) is 0 Å². The van der Waals surface area contributed by atoms with Gasteiger partial charge in [-0.05, 0) is 42.3 Å². The van der Waals surface area contributed by atoms with E-state index < -0.39 is 0 Å². The molecule has 0 fully saturated rings. The zero-order valence-electron chi connectivity index (χ0n) is 12.8. The van der Waals surface area contributed by atoms with Gasteiger partial charge in [-0.25, -0.2) is 4.79 Å². The van der Waals surface area contributed by atoms with Crippen molar-refractivity contribution in [2.24, 2.45) is 0 Å². The average molecular weight is 367 g/mol. The van der Waals surface area contributed by atoms with Crippen LogP contribution >= 0.6 is 23.2 Å². The Balaban J connectivity index is 1.49. The van der Waals surface area contributed by atoms with Crippen molar-refractivity contribution in [1.29, 1.82) is 0 Å². The van der Waals surface area contributed by atoms with Gasteiger partial charge in [0.15, 0.2) is 11.5 Å². The molecular formula is C17H16Cl2N2O3. The Kier molecular flexibility index (Phi) is 5.33. The lowest BCUT2D eigenvalue weighted by Crippen LogP contribution is -2.30. The SMILES string of the molecule is O=C(NCCc1ccc2c(c1)OCCO2)Nc1ccc(Cl)c(Cl)c1. The van der Waals surface area contributed by atoms with E-state index in [9.17, 15) is 4.79 Å². The number of halogens is 2. The van der Waals surface area contributed by atoms with Crippen LogP contribution in [0.15, 0.2) is 36.4 Å². The highest BCUT2D eigenvalue weighted by atomic mass is 35.5. The summed E-state index contributed by atoms with van der Waals surface area (Å²) in [5.74, 6) is 1.51. The first-order valence-electron chi connectivity index (χ1n) is 7.50. The van der Waals surface area contributed by atoms with Crippen molar-refractivity contribution in [3.8, 4) is 11.5 Å². The van der Waals surface area contributed by atoms with Gasteiger partial charge in [0, 0.05) is 12.2 Å². The third kappa shape index (κ3) is 4.24. The van der Waals surface area contributed by atoms with E-state index in [0.29, 0.717) is 41.9 Å². The molecule has 0 spiro atoms. The van der Waals surface area contributed by atoms with E-state index in [2.05, 4.69) is 10.6 Å². The number of carbonyl (C=O) groups excluding carboxylic acids is 1. The molecule has 0 saturated heterocycles. The second kappa shape index (κ2) is 7.64. The van der Waals surface area contributed by atoms with Crippen molar-refractivity contribution in [2.75, 3.05) is 25.1 Å². The fourth-order valence-corrected chi connectivity index (χ4v) is 2.61. The molecule has 3 rings (SSSR count). The molecular weight excluding hydrogens is 351 g/mol. The number of anilines is 1. The van der Waals surface area contributed by atoms with Gasteiger partial charge in [-0.2, -0.15) is 0 Å². The Bertz CT molecular complexity index is 753. The molecule has 2 aromatic carbocycles. The molecule has 5 nitrogen and oxygen atoms in total. The van der Waals surface area contributed by atoms with Crippen molar-refractivity contribution in [3.05, 3.63) is 52.0 Å². The van der Waals surface area contributed by atoms with Crippen LogP contribution in [0.5, 0.6) is 11.5 Å². The number of benzene rings is 2. The van der Waals surface area contributed by atoms with E-state index in [0.717, 1.165) is 17.1 Å². The molecule has 1 heterocycles. The number of urea groups is 1. The van der Waals surface area contributed by atoms with E-state index in [1.807, 2.05) is 18.2 Å². The molecule has 0 radical (unpaired) electrons. The number of ether oxygens (including phenoxy) is 2. The highest BCUT2D eigenvalue weighted by Crippen LogP contribution is 2.30. The first-order chi connectivity index (χ1) is 11.6. The van der Waals surface area contributed by atoms with Crippen molar-refractivity contribution in [2.45, 2.75) is 6.42 Å². The maximum absolute atomic E-state index is 11.9. The lowest BCUT2D eigenvalue weighted by atomic mass is 10.1. The summed E-state index contributed by atoms with van der Waals surface area (Å²) in [6.45, 7) is 1.62. The van der Waals surface area contributed by atoms with E-state index in [1.165, 1.54) is 0 Å². The Hall–Kier alpha value is -2.11. The van der Waals surface area contributed by atoms with Crippen LogP contribution in [0.4, 0.5) is 10.5 Å². The smallest absolute Gasteiger partial charge is 0.319 e. The van der Waals surface area contributed by atoms with Gasteiger partial charge in [0.2, 0.25) is 0 Å². The van der Waals surface area contributed by atoms with E-state index in [4.69, 9.17) is 32.7 Å². The molecule has 126 valence electrons. The Morgan fingerprint density at radius 2 is 1.79 bits per heavy atom. The molecule has 2 amide bonds. The van der Waals surface area contributed by atoms with Gasteiger partial charge in [0.25, 0.3) is 0 Å². The van der Waals surface area contributed by atoms with Crippen LogP contribution in [0.25, 0.3) is 0 Å². The maximum atomic E-state index is 11.9. The Labute approximate surface area is 149 Å². The average Bonchev–Trinajstić information content (AvgIpc) is 2.58. The number of amides is 2. The monoisotopic (exact) mass is 366 g/mol. The van der Waals surface area contributed by atoms with Gasteiger partial charge in [0.05, 0.1) is 10.0 Å². The number of hydrogen-bond acceptors (Lipinski definition) is 3. The standard InChI is InChI=1S/C17H16Cl2N2O3/c18-13-3-2-12(10-14(13)19)21-17(22)20-6-5-11-1-4-15-16(9-11)24-8-7-23-15/h1-4,9-10H,5-8H2,(H2,20,21,22). The molecule has 0 aliphatic carbocycles. The molecule has 1 aliphatic rings. The van der Waals surface area contributed by atoms with Crippen LogP contribution < -0.4 is 20.1 Å². The highest BCUT2D eigenvalue weighted by Gasteiger charge is 2.11. The van der Waals surface area contributed by atoms with E-state index >= 15 is 0 Å². The predicted molar refractivity (Wildman–Crippen MR) is 94.6 cm³/mol. The summed E-state index contributed by atoms with van der Waals surface area (Å²) in [5.41, 5.74) is 1.65. The Morgan fingerprint density at radius 3 is 2.58 bits per heavy atom. The van der Waals surface area contributed by atoms with Gasteiger partial charge < -0.3 is 20.1 Å². The van der Waals surface area contributed by atoms with Crippen molar-refractivity contribution in [3.63, 3.8) is 0 Å². The molecule has 0 bridgehead atoms. The van der Waals surface area contributed by atoms with Crippen LogP contribution in [0.3, 0.4) is 0 Å². The van der Waals surface area contributed by atoms with Crippen molar-refractivity contribution >= 4 is 34.9 Å². The van der Waals surface area contributed by atoms with Crippen LogP contribution in [0.1, 0.15) is 5.56 Å². The van der Waals surface area contributed by atoms with Gasteiger partial charge in [0.1, 0.15) is 13.2 Å². The second-order valence-electron chi connectivity index (χ2n) is 5.24. The third-order valence-electron chi connectivity index (χ3n) is 3.48. The minimum absolute atomic E-state index is 0.300. The van der Waals surface area contributed by atoms with E-state index in [1.54, 1.807) is 18.2 Å². The van der Waals surface area contributed by atoms with Crippen molar-refractivity contribution < 1.29 is 14.3 Å². The minimum Gasteiger partial charge on any atom is -0.486 e. The van der Waals surface area contributed by atoms with Gasteiger partial charge in [-0.1, -0.05) is 29.3 Å². The topological polar surface area (TPSA) is 59.6 Å². The summed E-state index contributed by atoms with van der Waals surface area (Å²) < 4.78 is 11.0. The predicted octanol–water partition coefficient (Wildman–Crippen LogP) is 4.13. The Morgan fingerprint density at radius 1 is 1.00 bits per heavy atom. The fraction of sp³-hybridized carbons (Fsp3) is 0.235. The third-order valence-corrected chi connectivity index (χ3v) is 4.22. The zero-order chi connectivity index (χ0) is 16.9. The molecule has 0 unspecified atom stereocenters. The fourth-order valence-electron chi connectivity index (χ4n) is 2.31. The molecule has 0 saturated carbocycles. The first-order valence-corrected chi connectivity index (χ1v) is 8.26. The number of nitrogens with one attached hydrogen (secondary N) is 2. The number of fused-ring (bicyclic) bond motifs is 1. The highest BCUT2D eigenvalue weighted by molar-refractivity contribution is 6.42. The number of carbonyl (C=O) groups is 1. The molecule has 2 N–H and O–H groups in total. The minimum atomic E-state index is -0.300. The summed E-state index contributed by atoms with van der Waals surface area (Å²) in [7, 11) is 0. The largest absolute Gasteiger partial charge is 0.486 e. The zero-order valence-corrected chi connectivity index (χ0v) is 14.3. The van der Waals surface area contributed by atoms with Gasteiger partial charge >= 0.3 is 6.03 Å². The summed E-state index contributed by atoms with van der Waals surface area (Å²) in [6, 6.07) is 10.4. The maximum Gasteiger partial charge on any atom is 0.319 e. The van der Waals surface area contributed by atoms with Crippen molar-refractivity contribution in [1.82, 2.24) is 5.32 Å². The summed E-state index contributed by atoms with van der Waals surface area (Å²) in [5, 5.41) is 6.34. The molecule has 2 aromatic rings. The summed E-state index contributed by atoms with van der Waals surface area (Å²) >= 11 is 11.8. The second-order valence-corrected chi connectivity index (χ2v) is 6.05. The molecule has 7 heteroatoms. The lowest BCUT2D eigenvalue weighted by Gasteiger charge is -2.18. The molecule has 1 aliphatic heterocycles. The quantitative estimate of drug-likeness (QED) is 0.854. The number of rotatable bonds is 4. The summed E-state index contributed by atoms with van der Waals surface area (Å²) in [4.78, 5) is 11.9. The van der Waals surface area contributed by atoms with Crippen LogP contribution in [0.2, 0.25) is 10.0 Å². The lowest BCUT2D eigenvalue weighted by molar-refractivity contribution is 0.171. The molecule has 0 atom stereocenters. The first kappa shape index (κ1) is 16.7. The van der Waals surface area contributed by atoms with E-state index in [-0.39, 0.29) is 6.03 Å². The molecule has 24 heavy (non-hydrogen) atoms. The summed E-state index contributed by atoms with van der Waals surface area (Å²) in [6.07, 6.45) is 0.686. The van der Waals surface area contributed by atoms with Gasteiger partial charge in [-0.15, -0.1) is 0 Å². The van der Waals surface area contributed by atoms with Crippen LogP contribution in [-0.4, -0.2) is 25.8 Å². The number of hydrogen-bond donors (Lipinski definition) is 2. The normalized spacial score (nSPS) is 12.6.